The van der Waals surface area contributed by atoms with Crippen LogP contribution in [0.15, 0.2) is 12.2 Å². The van der Waals surface area contributed by atoms with Crippen molar-refractivity contribution in [2.45, 2.75) is 78.2 Å². The summed E-state index contributed by atoms with van der Waals surface area (Å²) in [6.07, 6.45) is 14.3. The fourth-order valence-electron chi connectivity index (χ4n) is 1.79. The van der Waals surface area contributed by atoms with Gasteiger partial charge in [0.2, 0.25) is 0 Å². The molecular weight excluding hydrogens is 212 g/mol. The maximum Gasteiger partial charge on any atom is 0.302 e. The maximum atomic E-state index is 10.7. The highest BCUT2D eigenvalue weighted by atomic mass is 16.5. The van der Waals surface area contributed by atoms with Crippen LogP contribution in [0.1, 0.15) is 72.1 Å². The summed E-state index contributed by atoms with van der Waals surface area (Å²) in [6.45, 7) is 5.66. The second-order valence-corrected chi connectivity index (χ2v) is 4.67. The van der Waals surface area contributed by atoms with Crippen LogP contribution in [-0.4, -0.2) is 12.1 Å². The fourth-order valence-corrected chi connectivity index (χ4v) is 1.79. The number of hydrogen-bond donors (Lipinski definition) is 0. The molecule has 2 nitrogen and oxygen atoms in total. The Morgan fingerprint density at radius 1 is 1.12 bits per heavy atom. The van der Waals surface area contributed by atoms with Gasteiger partial charge in [-0.1, -0.05) is 38.3 Å². The molecule has 0 aromatic heterocycles. The van der Waals surface area contributed by atoms with E-state index in [4.69, 9.17) is 4.74 Å². The summed E-state index contributed by atoms with van der Waals surface area (Å²) < 4.78 is 5.06. The number of hydrogen-bond acceptors (Lipinski definition) is 2. The first kappa shape index (κ1) is 16.2. The first-order valence-electron chi connectivity index (χ1n) is 6.99. The Hall–Kier alpha value is -0.790. The number of esters is 1. The van der Waals surface area contributed by atoms with E-state index in [1.807, 2.05) is 6.92 Å². The Labute approximate surface area is 106 Å². The van der Waals surface area contributed by atoms with Gasteiger partial charge < -0.3 is 4.74 Å². The SMILES string of the molecule is CCCCCC/C=C\CCCC(C)OC(C)=O. The zero-order chi connectivity index (χ0) is 12.9. The monoisotopic (exact) mass is 240 g/mol. The average molecular weight is 240 g/mol. The average Bonchev–Trinajstić information content (AvgIpc) is 2.26. The third kappa shape index (κ3) is 13.1. The number of carbonyl (C=O) groups is 1. The fraction of sp³-hybridized carbons (Fsp3) is 0.800. The van der Waals surface area contributed by atoms with Crippen LogP contribution in [0.2, 0.25) is 0 Å². The lowest BCUT2D eigenvalue weighted by molar-refractivity contribution is -0.145. The first-order chi connectivity index (χ1) is 8.16. The molecule has 0 aromatic rings. The van der Waals surface area contributed by atoms with Crippen molar-refractivity contribution in [3.8, 4) is 0 Å². The van der Waals surface area contributed by atoms with E-state index in [-0.39, 0.29) is 12.1 Å². The molecule has 0 spiro atoms. The summed E-state index contributed by atoms with van der Waals surface area (Å²) in [5.41, 5.74) is 0. The van der Waals surface area contributed by atoms with Crippen LogP contribution in [0.3, 0.4) is 0 Å². The second-order valence-electron chi connectivity index (χ2n) is 4.67. The van der Waals surface area contributed by atoms with Crippen LogP contribution in [0.25, 0.3) is 0 Å². The summed E-state index contributed by atoms with van der Waals surface area (Å²) in [5.74, 6) is -0.177. The zero-order valence-electron chi connectivity index (χ0n) is 11.7. The predicted molar refractivity (Wildman–Crippen MR) is 73.0 cm³/mol. The topological polar surface area (TPSA) is 26.3 Å². The van der Waals surface area contributed by atoms with E-state index in [2.05, 4.69) is 19.1 Å². The molecule has 0 saturated heterocycles. The van der Waals surface area contributed by atoms with Crippen molar-refractivity contribution in [2.24, 2.45) is 0 Å². The van der Waals surface area contributed by atoms with Gasteiger partial charge in [0.1, 0.15) is 0 Å². The van der Waals surface area contributed by atoms with Crippen molar-refractivity contribution in [3.63, 3.8) is 0 Å². The van der Waals surface area contributed by atoms with Crippen molar-refractivity contribution in [1.29, 1.82) is 0 Å². The molecule has 0 rings (SSSR count). The Kier molecular flexibility index (Phi) is 11.1. The van der Waals surface area contributed by atoms with Gasteiger partial charge in [0, 0.05) is 6.92 Å². The normalized spacial score (nSPS) is 12.9. The number of ether oxygens (including phenoxy) is 1. The van der Waals surface area contributed by atoms with Gasteiger partial charge in [0.05, 0.1) is 6.10 Å². The largest absolute Gasteiger partial charge is 0.463 e. The molecule has 0 heterocycles. The van der Waals surface area contributed by atoms with E-state index >= 15 is 0 Å². The molecule has 0 fully saturated rings. The third-order valence-corrected chi connectivity index (χ3v) is 2.74. The van der Waals surface area contributed by atoms with Gasteiger partial charge in [-0.15, -0.1) is 0 Å². The Morgan fingerprint density at radius 2 is 1.76 bits per heavy atom. The number of carbonyl (C=O) groups excluding carboxylic acids is 1. The van der Waals surface area contributed by atoms with E-state index in [9.17, 15) is 4.79 Å². The zero-order valence-corrected chi connectivity index (χ0v) is 11.7. The number of allylic oxidation sites excluding steroid dienone is 2. The van der Waals surface area contributed by atoms with Crippen molar-refractivity contribution >= 4 is 5.97 Å². The highest BCUT2D eigenvalue weighted by Crippen LogP contribution is 2.07. The van der Waals surface area contributed by atoms with Gasteiger partial charge in [0.15, 0.2) is 0 Å². The summed E-state index contributed by atoms with van der Waals surface area (Å²) in [5, 5.41) is 0. The van der Waals surface area contributed by atoms with Crippen molar-refractivity contribution < 1.29 is 9.53 Å². The van der Waals surface area contributed by atoms with Gasteiger partial charge in [-0.3, -0.25) is 4.79 Å². The first-order valence-corrected chi connectivity index (χ1v) is 6.99. The molecule has 0 aliphatic heterocycles. The maximum absolute atomic E-state index is 10.7. The third-order valence-electron chi connectivity index (χ3n) is 2.74. The lowest BCUT2D eigenvalue weighted by Gasteiger charge is -2.10. The van der Waals surface area contributed by atoms with Crippen molar-refractivity contribution in [3.05, 3.63) is 12.2 Å². The van der Waals surface area contributed by atoms with E-state index in [1.54, 1.807) is 0 Å². The summed E-state index contributed by atoms with van der Waals surface area (Å²) >= 11 is 0. The lowest BCUT2D eigenvalue weighted by atomic mass is 10.1. The van der Waals surface area contributed by atoms with Crippen LogP contribution < -0.4 is 0 Å². The lowest BCUT2D eigenvalue weighted by Crippen LogP contribution is -2.11. The Balaban J connectivity index is 3.26. The molecule has 1 unspecified atom stereocenters. The minimum Gasteiger partial charge on any atom is -0.463 e. The quantitative estimate of drug-likeness (QED) is 0.316. The summed E-state index contributed by atoms with van der Waals surface area (Å²) in [4.78, 5) is 10.7. The Morgan fingerprint density at radius 3 is 2.35 bits per heavy atom. The van der Waals surface area contributed by atoms with Crippen molar-refractivity contribution in [1.82, 2.24) is 0 Å². The minimum absolute atomic E-state index is 0.0606. The standard InChI is InChI=1S/C15H28O2/c1-4-5-6-7-8-9-10-11-12-13-14(2)17-15(3)16/h9-10,14H,4-8,11-13H2,1-3H3/b10-9-. The van der Waals surface area contributed by atoms with Crippen LogP contribution >= 0.6 is 0 Å². The number of unbranched alkanes of at least 4 members (excludes halogenated alkanes) is 5. The highest BCUT2D eigenvalue weighted by molar-refractivity contribution is 5.66. The van der Waals surface area contributed by atoms with E-state index in [1.165, 1.54) is 39.0 Å². The molecule has 0 aliphatic rings. The smallest absolute Gasteiger partial charge is 0.302 e. The molecular formula is C15H28O2. The molecule has 0 bridgehead atoms. The van der Waals surface area contributed by atoms with Gasteiger partial charge in [-0.25, -0.2) is 0 Å². The molecule has 0 N–H and O–H groups in total. The molecule has 0 saturated carbocycles. The molecule has 0 amide bonds. The van der Waals surface area contributed by atoms with Crippen LogP contribution in [-0.2, 0) is 9.53 Å². The summed E-state index contributed by atoms with van der Waals surface area (Å²) in [7, 11) is 0. The molecule has 0 aliphatic carbocycles. The van der Waals surface area contributed by atoms with Crippen LogP contribution in [0.5, 0.6) is 0 Å². The van der Waals surface area contributed by atoms with E-state index < -0.39 is 0 Å². The van der Waals surface area contributed by atoms with Gasteiger partial charge in [-0.2, -0.15) is 0 Å². The molecule has 17 heavy (non-hydrogen) atoms. The molecule has 1 atom stereocenters. The van der Waals surface area contributed by atoms with E-state index in [0.717, 1.165) is 19.3 Å². The Bertz CT molecular complexity index is 209. The van der Waals surface area contributed by atoms with Crippen molar-refractivity contribution in [2.75, 3.05) is 0 Å². The summed E-state index contributed by atoms with van der Waals surface area (Å²) in [6, 6.07) is 0. The minimum atomic E-state index is -0.177. The second kappa shape index (κ2) is 11.7. The molecule has 2 heteroatoms. The van der Waals surface area contributed by atoms with Crippen LogP contribution in [0, 0.1) is 0 Å². The van der Waals surface area contributed by atoms with Gasteiger partial charge in [-0.05, 0) is 39.0 Å². The molecule has 0 radical (unpaired) electrons. The van der Waals surface area contributed by atoms with Crippen LogP contribution in [0.4, 0.5) is 0 Å². The number of rotatable bonds is 10. The molecule has 100 valence electrons. The van der Waals surface area contributed by atoms with Gasteiger partial charge >= 0.3 is 5.97 Å². The highest BCUT2D eigenvalue weighted by Gasteiger charge is 2.03. The van der Waals surface area contributed by atoms with E-state index in [0.29, 0.717) is 0 Å². The van der Waals surface area contributed by atoms with Gasteiger partial charge in [0.25, 0.3) is 0 Å². The predicted octanol–water partition coefficient (Wildman–Crippen LogP) is 4.63. The molecule has 0 aromatic carbocycles.